The molecule has 1 atom stereocenters. The number of amides is 1. The van der Waals surface area contributed by atoms with Crippen molar-refractivity contribution in [3.05, 3.63) is 33.8 Å². The molecule has 1 aromatic rings. The van der Waals surface area contributed by atoms with Gasteiger partial charge in [-0.2, -0.15) is 0 Å². The highest BCUT2D eigenvalue weighted by atomic mass is 35.5. The number of rotatable bonds is 4. The monoisotopic (exact) mass is 349 g/mol. The Kier molecular flexibility index (Phi) is 5.17. The number of nitrogens with zero attached hydrogens (tertiary/aromatic N) is 1. The van der Waals surface area contributed by atoms with Gasteiger partial charge in [-0.15, -0.1) is 0 Å². The number of sulfone groups is 1. The maximum absolute atomic E-state index is 12.4. The fourth-order valence-electron chi connectivity index (χ4n) is 2.33. The van der Waals surface area contributed by atoms with E-state index in [1.807, 2.05) is 0 Å². The second-order valence-corrected chi connectivity index (χ2v) is 8.38. The summed E-state index contributed by atoms with van der Waals surface area (Å²) in [4.78, 5) is 13.8. The molecule has 1 saturated heterocycles. The van der Waals surface area contributed by atoms with Crippen molar-refractivity contribution >= 4 is 38.9 Å². The van der Waals surface area contributed by atoms with Gasteiger partial charge in [-0.1, -0.05) is 29.3 Å². The Morgan fingerprint density at radius 2 is 1.90 bits per heavy atom. The number of hydrogen-bond acceptors (Lipinski definition) is 3. The first-order chi connectivity index (χ1) is 9.81. The lowest BCUT2D eigenvalue weighted by Gasteiger charge is -2.20. The summed E-state index contributed by atoms with van der Waals surface area (Å²) in [6, 6.07) is 4.67. The van der Waals surface area contributed by atoms with Gasteiger partial charge in [0.25, 0.3) is 0 Å². The molecule has 1 unspecified atom stereocenters. The lowest BCUT2D eigenvalue weighted by atomic mass is 10.2. The van der Waals surface area contributed by atoms with Crippen molar-refractivity contribution in [1.82, 2.24) is 4.90 Å². The first kappa shape index (κ1) is 16.6. The molecule has 0 N–H and O–H groups in total. The van der Waals surface area contributed by atoms with Crippen molar-refractivity contribution in [3.63, 3.8) is 0 Å². The molecule has 2 rings (SSSR count). The number of likely N-dealkylation sites (tertiary alicyclic amines) is 1. The van der Waals surface area contributed by atoms with Gasteiger partial charge in [0, 0.05) is 23.1 Å². The van der Waals surface area contributed by atoms with E-state index in [1.165, 1.54) is 13.0 Å². The van der Waals surface area contributed by atoms with Crippen LogP contribution in [0.4, 0.5) is 0 Å². The van der Waals surface area contributed by atoms with Gasteiger partial charge in [0.15, 0.2) is 9.84 Å². The van der Waals surface area contributed by atoms with Crippen molar-refractivity contribution in [2.45, 2.75) is 30.8 Å². The molecule has 116 valence electrons. The molecular weight excluding hydrogens is 333 g/mol. The largest absolute Gasteiger partial charge is 0.342 e. The van der Waals surface area contributed by atoms with Crippen molar-refractivity contribution in [2.75, 3.05) is 13.1 Å². The van der Waals surface area contributed by atoms with Crippen molar-refractivity contribution in [3.8, 4) is 0 Å². The molecule has 0 aliphatic carbocycles. The van der Waals surface area contributed by atoms with Gasteiger partial charge in [-0.25, -0.2) is 8.42 Å². The zero-order chi connectivity index (χ0) is 15.6. The van der Waals surface area contributed by atoms with Crippen molar-refractivity contribution in [1.29, 1.82) is 0 Å². The van der Waals surface area contributed by atoms with Crippen LogP contribution in [0.15, 0.2) is 18.2 Å². The molecular formula is C14H17Cl2NO3S. The minimum Gasteiger partial charge on any atom is -0.342 e. The first-order valence-electron chi connectivity index (χ1n) is 6.75. The fourth-order valence-corrected chi connectivity index (χ4v) is 4.27. The highest BCUT2D eigenvalue weighted by molar-refractivity contribution is 7.92. The summed E-state index contributed by atoms with van der Waals surface area (Å²) in [5, 5.41) is -0.309. The third-order valence-electron chi connectivity index (χ3n) is 3.68. The summed E-state index contributed by atoms with van der Waals surface area (Å²) in [6.07, 6.45) is 1.86. The third-order valence-corrected chi connectivity index (χ3v) is 6.26. The molecule has 21 heavy (non-hydrogen) atoms. The Morgan fingerprint density at radius 1 is 1.29 bits per heavy atom. The van der Waals surface area contributed by atoms with Crippen LogP contribution in [0.1, 0.15) is 25.3 Å². The number of benzene rings is 1. The molecule has 1 aromatic carbocycles. The molecule has 1 fully saturated rings. The third kappa shape index (κ3) is 3.90. The zero-order valence-electron chi connectivity index (χ0n) is 11.7. The Hall–Kier alpha value is -0.780. The highest BCUT2D eigenvalue weighted by Gasteiger charge is 2.33. The van der Waals surface area contributed by atoms with E-state index in [-0.39, 0.29) is 11.7 Å². The molecule has 0 spiro atoms. The van der Waals surface area contributed by atoms with Crippen LogP contribution in [0.25, 0.3) is 0 Å². The number of hydrogen-bond donors (Lipinski definition) is 0. The normalized spacial score (nSPS) is 17.0. The van der Waals surface area contributed by atoms with Crippen LogP contribution in [0.3, 0.4) is 0 Å². The summed E-state index contributed by atoms with van der Waals surface area (Å²) in [5.74, 6) is -0.582. The van der Waals surface area contributed by atoms with Crippen molar-refractivity contribution in [2.24, 2.45) is 0 Å². The van der Waals surface area contributed by atoms with E-state index in [4.69, 9.17) is 23.2 Å². The van der Waals surface area contributed by atoms with E-state index in [0.717, 1.165) is 12.8 Å². The minimum absolute atomic E-state index is 0.260. The predicted molar refractivity (Wildman–Crippen MR) is 84.4 cm³/mol. The van der Waals surface area contributed by atoms with Gasteiger partial charge in [0.05, 0.1) is 5.75 Å². The maximum Gasteiger partial charge on any atom is 0.240 e. The van der Waals surface area contributed by atoms with Gasteiger partial charge in [0.1, 0.15) is 5.25 Å². The van der Waals surface area contributed by atoms with E-state index in [1.54, 1.807) is 17.0 Å². The number of carbonyl (C=O) groups is 1. The smallest absolute Gasteiger partial charge is 0.240 e. The van der Waals surface area contributed by atoms with E-state index in [9.17, 15) is 13.2 Å². The van der Waals surface area contributed by atoms with Crippen LogP contribution >= 0.6 is 23.2 Å². The van der Waals surface area contributed by atoms with Gasteiger partial charge in [0.2, 0.25) is 5.91 Å². The Morgan fingerprint density at radius 3 is 2.48 bits per heavy atom. The Balaban J connectivity index is 2.15. The summed E-state index contributed by atoms with van der Waals surface area (Å²) in [6.45, 7) is 2.72. The first-order valence-corrected chi connectivity index (χ1v) is 9.22. The SMILES string of the molecule is CC(C(=O)N1CCCC1)S(=O)(=O)Cc1ccc(Cl)cc1Cl. The second kappa shape index (κ2) is 6.55. The van der Waals surface area contributed by atoms with Crippen molar-refractivity contribution < 1.29 is 13.2 Å². The van der Waals surface area contributed by atoms with Crippen LogP contribution in [0.2, 0.25) is 10.0 Å². The van der Waals surface area contributed by atoms with Gasteiger partial charge < -0.3 is 4.90 Å². The van der Waals surface area contributed by atoms with Gasteiger partial charge >= 0.3 is 0 Å². The van der Waals surface area contributed by atoms with E-state index in [2.05, 4.69) is 0 Å². The summed E-state index contributed by atoms with van der Waals surface area (Å²) < 4.78 is 24.8. The summed E-state index contributed by atoms with van der Waals surface area (Å²) in [7, 11) is -3.60. The van der Waals surface area contributed by atoms with Gasteiger partial charge in [-0.05, 0) is 37.5 Å². The molecule has 4 nitrogen and oxygen atoms in total. The number of carbonyl (C=O) groups excluding carboxylic acids is 1. The van der Waals surface area contributed by atoms with Crippen LogP contribution in [0.5, 0.6) is 0 Å². The topological polar surface area (TPSA) is 54.5 Å². The Labute approximate surface area is 134 Å². The van der Waals surface area contributed by atoms with Crippen LogP contribution in [-0.4, -0.2) is 37.6 Å². The standard InChI is InChI=1S/C14H17Cl2NO3S/c1-10(14(18)17-6-2-3-7-17)21(19,20)9-11-4-5-12(15)8-13(11)16/h4-5,8,10H,2-3,6-7,9H2,1H3. The van der Waals surface area contributed by atoms with E-state index >= 15 is 0 Å². The highest BCUT2D eigenvalue weighted by Crippen LogP contribution is 2.24. The maximum atomic E-state index is 12.4. The zero-order valence-corrected chi connectivity index (χ0v) is 14.0. The fraction of sp³-hybridized carbons (Fsp3) is 0.500. The van der Waals surface area contributed by atoms with E-state index in [0.29, 0.717) is 28.7 Å². The van der Waals surface area contributed by atoms with Crippen LogP contribution in [0, 0.1) is 0 Å². The van der Waals surface area contributed by atoms with Crippen LogP contribution < -0.4 is 0 Å². The lowest BCUT2D eigenvalue weighted by molar-refractivity contribution is -0.129. The average Bonchev–Trinajstić information content (AvgIpc) is 2.94. The molecule has 0 bridgehead atoms. The molecule has 1 heterocycles. The second-order valence-electron chi connectivity index (χ2n) is 5.22. The van der Waals surface area contributed by atoms with E-state index < -0.39 is 15.1 Å². The molecule has 0 aromatic heterocycles. The van der Waals surface area contributed by atoms with Gasteiger partial charge in [-0.3, -0.25) is 4.79 Å². The minimum atomic E-state index is -3.60. The molecule has 7 heteroatoms. The predicted octanol–water partition coefficient (Wildman–Crippen LogP) is 2.92. The quantitative estimate of drug-likeness (QED) is 0.839. The van der Waals surface area contributed by atoms with Crippen LogP contribution in [-0.2, 0) is 20.4 Å². The molecule has 0 radical (unpaired) electrons. The molecule has 1 aliphatic heterocycles. The average molecular weight is 350 g/mol. The Bertz CT molecular complexity index is 640. The molecule has 1 aliphatic rings. The number of halogens is 2. The summed E-state index contributed by atoms with van der Waals surface area (Å²) in [5.41, 5.74) is 0.460. The summed E-state index contributed by atoms with van der Waals surface area (Å²) >= 11 is 11.8. The molecule has 1 amide bonds. The lowest BCUT2D eigenvalue weighted by Crippen LogP contribution is -2.40. The molecule has 0 saturated carbocycles.